The van der Waals surface area contributed by atoms with E-state index in [0.717, 1.165) is 0 Å². The molecular formula is C16H15ClO2. The van der Waals surface area contributed by atoms with Crippen LogP contribution in [0.1, 0.15) is 28.9 Å². The minimum atomic E-state index is -0.829. The third kappa shape index (κ3) is 3.22. The Morgan fingerprint density at radius 2 is 1.63 bits per heavy atom. The minimum absolute atomic E-state index is 0.0666. The minimum Gasteiger partial charge on any atom is -0.388 e. The first-order valence-electron chi connectivity index (χ1n) is 6.12. The number of carbonyl (C=O) groups excluding carboxylic acids is 1. The summed E-state index contributed by atoms with van der Waals surface area (Å²) in [6.45, 7) is 1.73. The van der Waals surface area contributed by atoms with Crippen LogP contribution in [0.3, 0.4) is 0 Å². The number of aliphatic hydroxyl groups excluding tert-OH is 1. The highest BCUT2D eigenvalue weighted by molar-refractivity contribution is 6.30. The van der Waals surface area contributed by atoms with Crippen molar-refractivity contribution in [2.24, 2.45) is 5.92 Å². The molecule has 0 spiro atoms. The van der Waals surface area contributed by atoms with Crippen molar-refractivity contribution in [3.63, 3.8) is 0 Å². The smallest absolute Gasteiger partial charge is 0.168 e. The molecule has 2 atom stereocenters. The molecule has 2 rings (SSSR count). The lowest BCUT2D eigenvalue weighted by Gasteiger charge is -2.18. The zero-order chi connectivity index (χ0) is 13.8. The molecule has 1 N–H and O–H groups in total. The Morgan fingerprint density at radius 3 is 2.21 bits per heavy atom. The number of hydrogen-bond acceptors (Lipinski definition) is 2. The summed E-state index contributed by atoms with van der Waals surface area (Å²) in [6.07, 6.45) is -0.829. The molecule has 3 heteroatoms. The number of Topliss-reactive ketones (excluding diaryl/α,β-unsaturated/α-hetero) is 1. The zero-order valence-corrected chi connectivity index (χ0v) is 11.3. The number of ketones is 1. The van der Waals surface area contributed by atoms with E-state index in [9.17, 15) is 9.90 Å². The molecule has 0 fully saturated rings. The maximum absolute atomic E-state index is 12.2. The van der Waals surface area contributed by atoms with Crippen molar-refractivity contribution >= 4 is 17.4 Å². The van der Waals surface area contributed by atoms with Gasteiger partial charge in [0.1, 0.15) is 0 Å². The van der Waals surface area contributed by atoms with Crippen molar-refractivity contribution in [3.8, 4) is 0 Å². The Balaban J connectivity index is 2.17. The van der Waals surface area contributed by atoms with Crippen molar-refractivity contribution in [3.05, 3.63) is 70.7 Å². The van der Waals surface area contributed by atoms with Crippen molar-refractivity contribution in [1.82, 2.24) is 0 Å². The fourth-order valence-corrected chi connectivity index (χ4v) is 2.08. The van der Waals surface area contributed by atoms with Crippen LogP contribution in [0.4, 0.5) is 0 Å². The first-order valence-corrected chi connectivity index (χ1v) is 6.50. The molecule has 0 bridgehead atoms. The Kier molecular flexibility index (Phi) is 4.35. The van der Waals surface area contributed by atoms with Gasteiger partial charge in [0, 0.05) is 16.5 Å². The molecule has 0 saturated carbocycles. The fraction of sp³-hybridized carbons (Fsp3) is 0.188. The summed E-state index contributed by atoms with van der Waals surface area (Å²) in [4.78, 5) is 12.2. The predicted octanol–water partition coefficient (Wildman–Crippen LogP) is 3.89. The van der Waals surface area contributed by atoms with E-state index in [-0.39, 0.29) is 5.78 Å². The molecule has 0 radical (unpaired) electrons. The number of halogens is 1. The molecule has 0 heterocycles. The van der Waals surface area contributed by atoms with Gasteiger partial charge in [-0.2, -0.15) is 0 Å². The van der Waals surface area contributed by atoms with Crippen LogP contribution in [0.5, 0.6) is 0 Å². The highest BCUT2D eigenvalue weighted by Crippen LogP contribution is 2.26. The normalized spacial score (nSPS) is 13.8. The van der Waals surface area contributed by atoms with Gasteiger partial charge in [-0.1, -0.05) is 61.0 Å². The standard InChI is InChI=1S/C16H15ClO2/c1-11(15(18)12-5-3-2-4-6-12)16(19)13-7-9-14(17)10-8-13/h2-11,16,19H,1H3/t11-,16?/m0/s1. The van der Waals surface area contributed by atoms with Crippen LogP contribution >= 0.6 is 11.6 Å². The van der Waals surface area contributed by atoms with E-state index in [4.69, 9.17) is 11.6 Å². The largest absolute Gasteiger partial charge is 0.388 e. The third-order valence-corrected chi connectivity index (χ3v) is 3.41. The van der Waals surface area contributed by atoms with E-state index in [1.54, 1.807) is 43.3 Å². The van der Waals surface area contributed by atoms with Crippen LogP contribution in [0.25, 0.3) is 0 Å². The van der Waals surface area contributed by atoms with Gasteiger partial charge in [-0.05, 0) is 17.7 Å². The van der Waals surface area contributed by atoms with Gasteiger partial charge in [0.25, 0.3) is 0 Å². The van der Waals surface area contributed by atoms with Gasteiger partial charge in [0.05, 0.1) is 6.10 Å². The van der Waals surface area contributed by atoms with Gasteiger partial charge >= 0.3 is 0 Å². The van der Waals surface area contributed by atoms with E-state index in [2.05, 4.69) is 0 Å². The third-order valence-electron chi connectivity index (χ3n) is 3.16. The van der Waals surface area contributed by atoms with E-state index < -0.39 is 12.0 Å². The average molecular weight is 275 g/mol. The lowest BCUT2D eigenvalue weighted by atomic mass is 9.90. The quantitative estimate of drug-likeness (QED) is 0.859. The van der Waals surface area contributed by atoms with E-state index in [0.29, 0.717) is 16.1 Å². The van der Waals surface area contributed by atoms with Crippen molar-refractivity contribution in [1.29, 1.82) is 0 Å². The first kappa shape index (κ1) is 13.8. The second-order valence-corrected chi connectivity index (χ2v) is 4.95. The summed E-state index contributed by atoms with van der Waals surface area (Å²) in [5.74, 6) is -0.563. The molecule has 0 saturated heterocycles. The van der Waals surface area contributed by atoms with Gasteiger partial charge in [0.15, 0.2) is 5.78 Å². The second-order valence-electron chi connectivity index (χ2n) is 4.52. The summed E-state index contributed by atoms with van der Waals surface area (Å²) in [5.41, 5.74) is 1.31. The van der Waals surface area contributed by atoms with Crippen molar-refractivity contribution in [2.75, 3.05) is 0 Å². The van der Waals surface area contributed by atoms with Crippen LogP contribution in [0.15, 0.2) is 54.6 Å². The summed E-state index contributed by atoms with van der Waals surface area (Å²) in [5, 5.41) is 10.9. The molecule has 0 aliphatic rings. The van der Waals surface area contributed by atoms with Crippen molar-refractivity contribution in [2.45, 2.75) is 13.0 Å². The highest BCUT2D eigenvalue weighted by Gasteiger charge is 2.24. The number of carbonyl (C=O) groups is 1. The lowest BCUT2D eigenvalue weighted by Crippen LogP contribution is -2.19. The van der Waals surface area contributed by atoms with Crippen LogP contribution in [0.2, 0.25) is 5.02 Å². The Hall–Kier alpha value is -1.64. The maximum Gasteiger partial charge on any atom is 0.168 e. The van der Waals surface area contributed by atoms with Gasteiger partial charge in [-0.25, -0.2) is 0 Å². The van der Waals surface area contributed by atoms with E-state index in [1.165, 1.54) is 0 Å². The molecular weight excluding hydrogens is 260 g/mol. The number of hydrogen-bond donors (Lipinski definition) is 1. The Bertz CT molecular complexity index is 549. The number of rotatable bonds is 4. The second kappa shape index (κ2) is 6.00. The van der Waals surface area contributed by atoms with Crippen LogP contribution in [0, 0.1) is 5.92 Å². The topological polar surface area (TPSA) is 37.3 Å². The SMILES string of the molecule is C[C@@H](C(=O)c1ccccc1)C(O)c1ccc(Cl)cc1. The fourth-order valence-electron chi connectivity index (χ4n) is 1.96. The molecule has 98 valence electrons. The molecule has 2 aromatic carbocycles. The molecule has 19 heavy (non-hydrogen) atoms. The monoisotopic (exact) mass is 274 g/mol. The molecule has 0 aliphatic heterocycles. The van der Waals surface area contributed by atoms with Crippen molar-refractivity contribution < 1.29 is 9.90 Å². The molecule has 0 aromatic heterocycles. The molecule has 1 unspecified atom stereocenters. The van der Waals surface area contributed by atoms with Crippen LogP contribution < -0.4 is 0 Å². The van der Waals surface area contributed by atoms with Gasteiger partial charge in [-0.3, -0.25) is 4.79 Å². The Morgan fingerprint density at radius 1 is 1.05 bits per heavy atom. The lowest BCUT2D eigenvalue weighted by molar-refractivity contribution is 0.0714. The maximum atomic E-state index is 12.2. The summed E-state index contributed by atoms with van der Waals surface area (Å²) in [6, 6.07) is 15.9. The Labute approximate surface area is 117 Å². The van der Waals surface area contributed by atoms with Gasteiger partial charge in [0.2, 0.25) is 0 Å². The van der Waals surface area contributed by atoms with Gasteiger partial charge in [-0.15, -0.1) is 0 Å². The average Bonchev–Trinajstić information content (AvgIpc) is 2.46. The molecule has 2 nitrogen and oxygen atoms in total. The van der Waals surface area contributed by atoms with E-state index in [1.807, 2.05) is 18.2 Å². The summed E-state index contributed by atoms with van der Waals surface area (Å²) < 4.78 is 0. The van der Waals surface area contributed by atoms with Crippen LogP contribution in [-0.2, 0) is 0 Å². The summed E-state index contributed by atoms with van der Waals surface area (Å²) in [7, 11) is 0. The zero-order valence-electron chi connectivity index (χ0n) is 10.6. The summed E-state index contributed by atoms with van der Waals surface area (Å²) >= 11 is 5.81. The molecule has 2 aromatic rings. The first-order chi connectivity index (χ1) is 9.09. The molecule has 0 aliphatic carbocycles. The molecule has 0 amide bonds. The number of benzene rings is 2. The van der Waals surface area contributed by atoms with Crippen LogP contribution in [-0.4, -0.2) is 10.9 Å². The van der Waals surface area contributed by atoms with Gasteiger partial charge < -0.3 is 5.11 Å². The predicted molar refractivity (Wildman–Crippen MR) is 76.3 cm³/mol. The van der Waals surface area contributed by atoms with E-state index >= 15 is 0 Å². The highest BCUT2D eigenvalue weighted by atomic mass is 35.5. The number of aliphatic hydroxyl groups is 1.